The van der Waals surface area contributed by atoms with Gasteiger partial charge in [-0.05, 0) is 78.7 Å². The zero-order chi connectivity index (χ0) is 27.4. The van der Waals surface area contributed by atoms with Crippen LogP contribution in [-0.4, -0.2) is 42.4 Å². The number of aliphatic hydroxyl groups is 1. The Balaban J connectivity index is 1.28. The van der Waals surface area contributed by atoms with Crippen LogP contribution < -0.4 is 0 Å². The summed E-state index contributed by atoms with van der Waals surface area (Å²) < 4.78 is 27.0. The molecule has 2 aromatic carbocycles. The van der Waals surface area contributed by atoms with Crippen LogP contribution in [0.2, 0.25) is 0 Å². The van der Waals surface area contributed by atoms with Gasteiger partial charge in [-0.1, -0.05) is 74.5 Å². The van der Waals surface area contributed by atoms with Crippen molar-refractivity contribution in [1.29, 1.82) is 0 Å². The molecule has 1 heterocycles. The summed E-state index contributed by atoms with van der Waals surface area (Å²) in [4.78, 5) is 0. The second kappa shape index (κ2) is 10.5. The largest absolute Gasteiger partial charge is 0.393 e. The van der Waals surface area contributed by atoms with Crippen LogP contribution in [0.15, 0.2) is 60.7 Å². The van der Waals surface area contributed by atoms with Crippen molar-refractivity contribution in [3.63, 3.8) is 0 Å². The summed E-state index contributed by atoms with van der Waals surface area (Å²) in [6.07, 6.45) is 6.71. The summed E-state index contributed by atoms with van der Waals surface area (Å²) in [7, 11) is 0. The molecular formula is C35H46O5. The fourth-order valence-electron chi connectivity index (χ4n) is 10.0. The van der Waals surface area contributed by atoms with Crippen LogP contribution >= 0.6 is 0 Å². The molecule has 4 aliphatic carbocycles. The maximum atomic E-state index is 11.0. The Morgan fingerprint density at radius 1 is 0.725 bits per heavy atom. The number of ether oxygens (including phenoxy) is 4. The minimum Gasteiger partial charge on any atom is -0.393 e. The Bertz CT molecular complexity index is 1150. The van der Waals surface area contributed by atoms with Gasteiger partial charge >= 0.3 is 0 Å². The molecule has 1 saturated heterocycles. The Morgan fingerprint density at radius 2 is 1.32 bits per heavy atom. The van der Waals surface area contributed by atoms with Crippen LogP contribution in [-0.2, 0) is 32.2 Å². The fourth-order valence-corrected chi connectivity index (χ4v) is 10.0. The highest BCUT2D eigenvalue weighted by Gasteiger charge is 2.70. The zero-order valence-corrected chi connectivity index (χ0v) is 24.2. The van der Waals surface area contributed by atoms with Gasteiger partial charge in [0.2, 0.25) is 0 Å². The van der Waals surface area contributed by atoms with Gasteiger partial charge in [-0.15, -0.1) is 0 Å². The van der Waals surface area contributed by atoms with Crippen LogP contribution in [0.5, 0.6) is 0 Å². The summed E-state index contributed by atoms with van der Waals surface area (Å²) in [5.41, 5.74) is 2.47. The number of rotatable bonds is 6. The first-order valence-electron chi connectivity index (χ1n) is 15.7. The second-order valence-electron chi connectivity index (χ2n) is 13.8. The molecule has 9 atom stereocenters. The van der Waals surface area contributed by atoms with Crippen LogP contribution in [0.4, 0.5) is 0 Å². The monoisotopic (exact) mass is 546 g/mol. The first kappa shape index (κ1) is 27.1. The molecule has 0 bridgehead atoms. The van der Waals surface area contributed by atoms with Gasteiger partial charge < -0.3 is 24.1 Å². The Labute approximate surface area is 239 Å². The third-order valence-electron chi connectivity index (χ3n) is 12.0. The highest BCUT2D eigenvalue weighted by Crippen LogP contribution is 2.70. The number of hydrogen-bond acceptors (Lipinski definition) is 5. The number of benzene rings is 2. The van der Waals surface area contributed by atoms with E-state index in [4.69, 9.17) is 18.9 Å². The molecule has 0 radical (unpaired) electrons. The standard InChI is InChI=1S/C35H46O5/c1-33-16-13-26(36)21-29(33)31(37-22-24-9-5-3-6-10-24)32(38-23-25-11-7-4-8-12-25)30-27(33)14-17-34(2)28(30)15-18-35(34)39-19-20-40-35/h3-12,26-32,36H,13-23H2,1-2H3/t26-,27?,28?,29?,30?,31-,32-,33-,34+/m1/s1. The minimum atomic E-state index is -0.451. The topological polar surface area (TPSA) is 57.2 Å². The van der Waals surface area contributed by atoms with E-state index in [1.807, 2.05) is 0 Å². The zero-order valence-electron chi connectivity index (χ0n) is 24.2. The van der Waals surface area contributed by atoms with E-state index in [2.05, 4.69) is 74.5 Å². The van der Waals surface area contributed by atoms with Gasteiger partial charge in [-0.2, -0.15) is 0 Å². The predicted molar refractivity (Wildman–Crippen MR) is 153 cm³/mol. The van der Waals surface area contributed by atoms with E-state index in [1.165, 1.54) is 11.1 Å². The summed E-state index contributed by atoms with van der Waals surface area (Å²) in [6.45, 7) is 7.50. The maximum absolute atomic E-state index is 11.0. The number of hydrogen-bond donors (Lipinski definition) is 1. The molecule has 0 amide bonds. The van der Waals surface area contributed by atoms with Crippen LogP contribution in [0.1, 0.15) is 69.9 Å². The van der Waals surface area contributed by atoms with Crippen LogP contribution in [0.25, 0.3) is 0 Å². The molecular weight excluding hydrogens is 500 g/mol. The average molecular weight is 547 g/mol. The summed E-state index contributed by atoms with van der Waals surface area (Å²) >= 11 is 0. The van der Waals surface area contributed by atoms with Crippen molar-refractivity contribution in [3.05, 3.63) is 71.8 Å². The quantitative estimate of drug-likeness (QED) is 0.447. The first-order chi connectivity index (χ1) is 19.4. The molecule has 5 aliphatic rings. The predicted octanol–water partition coefficient (Wildman–Crippen LogP) is 6.52. The third-order valence-corrected chi connectivity index (χ3v) is 12.0. The number of fused-ring (bicyclic) bond motifs is 6. The van der Waals surface area contributed by atoms with Crippen molar-refractivity contribution in [2.24, 2.45) is 34.5 Å². The smallest absolute Gasteiger partial charge is 0.174 e. The van der Waals surface area contributed by atoms with Crippen molar-refractivity contribution >= 4 is 0 Å². The first-order valence-corrected chi connectivity index (χ1v) is 15.7. The van der Waals surface area contributed by atoms with E-state index in [-0.39, 0.29) is 35.1 Å². The molecule has 5 fully saturated rings. The van der Waals surface area contributed by atoms with Gasteiger partial charge in [-0.25, -0.2) is 0 Å². The lowest BCUT2D eigenvalue weighted by Crippen LogP contribution is -2.66. The Hall–Kier alpha value is -1.76. The molecule has 5 heteroatoms. The van der Waals surface area contributed by atoms with E-state index in [0.29, 0.717) is 44.2 Å². The average Bonchev–Trinajstić information content (AvgIpc) is 3.58. The van der Waals surface area contributed by atoms with Crippen molar-refractivity contribution in [3.8, 4) is 0 Å². The van der Waals surface area contributed by atoms with E-state index in [1.54, 1.807) is 0 Å². The molecule has 1 spiro atoms. The summed E-state index contributed by atoms with van der Waals surface area (Å²) in [5, 5.41) is 11.0. The van der Waals surface area contributed by atoms with E-state index in [0.717, 1.165) is 44.9 Å². The van der Waals surface area contributed by atoms with E-state index >= 15 is 0 Å². The summed E-state index contributed by atoms with van der Waals surface area (Å²) in [6, 6.07) is 21.1. The maximum Gasteiger partial charge on any atom is 0.174 e. The van der Waals surface area contributed by atoms with Crippen molar-refractivity contribution in [1.82, 2.24) is 0 Å². The van der Waals surface area contributed by atoms with Gasteiger partial charge in [0.05, 0.1) is 44.7 Å². The van der Waals surface area contributed by atoms with Gasteiger partial charge in [-0.3, -0.25) is 0 Å². The Morgan fingerprint density at radius 3 is 1.98 bits per heavy atom. The highest BCUT2D eigenvalue weighted by atomic mass is 16.7. The second-order valence-corrected chi connectivity index (χ2v) is 13.8. The molecule has 216 valence electrons. The molecule has 0 aromatic heterocycles. The summed E-state index contributed by atoms with van der Waals surface area (Å²) in [5.74, 6) is 1.18. The van der Waals surface area contributed by atoms with Crippen molar-refractivity contribution < 1.29 is 24.1 Å². The molecule has 40 heavy (non-hydrogen) atoms. The molecule has 2 aromatic rings. The van der Waals surface area contributed by atoms with E-state index in [9.17, 15) is 5.11 Å². The van der Waals surface area contributed by atoms with Gasteiger partial charge in [0, 0.05) is 11.8 Å². The SMILES string of the molecule is C[C@]12CC[C@@H](O)CC1[C@@H](OCc1ccccc1)[C@H](OCc1ccccc1)C1C2CC[C@@]2(C)C1CCC21OCCO1. The minimum absolute atomic E-state index is 0.0274. The molecule has 1 aliphatic heterocycles. The number of aliphatic hydroxyl groups excluding tert-OH is 1. The van der Waals surface area contributed by atoms with Crippen molar-refractivity contribution in [2.45, 2.75) is 96.1 Å². The van der Waals surface area contributed by atoms with Crippen LogP contribution in [0, 0.1) is 34.5 Å². The fraction of sp³-hybridized carbons (Fsp3) is 0.657. The van der Waals surface area contributed by atoms with Gasteiger partial charge in [0.1, 0.15) is 0 Å². The molecule has 4 unspecified atom stereocenters. The molecule has 4 saturated carbocycles. The lowest BCUT2D eigenvalue weighted by molar-refractivity contribution is -0.282. The highest BCUT2D eigenvalue weighted by molar-refractivity contribution is 5.19. The lowest BCUT2D eigenvalue weighted by atomic mass is 9.43. The molecule has 7 rings (SSSR count). The third kappa shape index (κ3) is 4.31. The molecule has 1 N–H and O–H groups in total. The molecule has 5 nitrogen and oxygen atoms in total. The van der Waals surface area contributed by atoms with Gasteiger partial charge in [0.25, 0.3) is 0 Å². The normalized spacial score (nSPS) is 41.8. The van der Waals surface area contributed by atoms with E-state index < -0.39 is 5.79 Å². The van der Waals surface area contributed by atoms with Crippen molar-refractivity contribution in [2.75, 3.05) is 13.2 Å². The van der Waals surface area contributed by atoms with Gasteiger partial charge in [0.15, 0.2) is 5.79 Å². The Kier molecular flexibility index (Phi) is 7.11. The van der Waals surface area contributed by atoms with Crippen LogP contribution in [0.3, 0.4) is 0 Å². The lowest BCUT2D eigenvalue weighted by Gasteiger charge is -2.65.